The molecule has 1 aromatic carbocycles. The summed E-state index contributed by atoms with van der Waals surface area (Å²) in [6, 6.07) is 10.2. The number of hydrogen-bond donors (Lipinski definition) is 0. The lowest BCUT2D eigenvalue weighted by atomic mass is 9.93. The normalized spacial score (nSPS) is 26.6. The van der Waals surface area contributed by atoms with E-state index in [9.17, 15) is 4.79 Å². The number of morpholine rings is 2. The van der Waals surface area contributed by atoms with E-state index in [1.165, 1.54) is 0 Å². The van der Waals surface area contributed by atoms with Crippen molar-refractivity contribution < 1.29 is 14.3 Å². The summed E-state index contributed by atoms with van der Waals surface area (Å²) in [5.41, 5.74) is 1.95. The van der Waals surface area contributed by atoms with Crippen LogP contribution < -0.4 is 0 Å². The van der Waals surface area contributed by atoms with Crippen molar-refractivity contribution in [2.45, 2.75) is 30.6 Å². The summed E-state index contributed by atoms with van der Waals surface area (Å²) < 4.78 is 14.3. The van der Waals surface area contributed by atoms with Gasteiger partial charge in [0.25, 0.3) is 0 Å². The smallest absolute Gasteiger partial charge is 0.233 e. The lowest BCUT2D eigenvalue weighted by Gasteiger charge is -2.48. The molecule has 1 spiro atoms. The monoisotopic (exact) mass is 396 g/mol. The van der Waals surface area contributed by atoms with Crippen molar-refractivity contribution in [1.82, 2.24) is 19.4 Å². The molecule has 2 aliphatic heterocycles. The lowest BCUT2D eigenvalue weighted by molar-refractivity contribution is -0.290. The first-order chi connectivity index (χ1) is 14.1. The van der Waals surface area contributed by atoms with Gasteiger partial charge in [-0.1, -0.05) is 30.3 Å². The molecule has 1 aromatic heterocycles. The summed E-state index contributed by atoms with van der Waals surface area (Å²) in [7, 11) is 2.01. The molecule has 154 valence electrons. The van der Waals surface area contributed by atoms with E-state index in [2.05, 4.69) is 22.0 Å². The standard InChI is InChI=1S/C22H28N4O3/c1-24-17-23-13-19(24)14-25-9-11-28-22(15-25)16-26(10-12-29-22)20(27)21(7-8-21)18-5-3-2-4-6-18/h2-6,13,17H,7-12,14-16H2,1H3. The molecule has 0 radical (unpaired) electrons. The topological polar surface area (TPSA) is 59.8 Å². The highest BCUT2D eigenvalue weighted by molar-refractivity contribution is 5.91. The SMILES string of the molecule is Cn1cncc1CN1CCOC2(C1)CN(C(=O)C1(c3ccccc3)CC1)CCO2. The Morgan fingerprint density at radius 3 is 2.55 bits per heavy atom. The molecule has 7 heteroatoms. The molecule has 1 saturated carbocycles. The molecule has 1 atom stereocenters. The Balaban J connectivity index is 1.30. The van der Waals surface area contributed by atoms with E-state index >= 15 is 0 Å². The molecular formula is C22H28N4O3. The maximum atomic E-state index is 13.5. The van der Waals surface area contributed by atoms with Crippen LogP contribution in [-0.4, -0.2) is 70.4 Å². The van der Waals surface area contributed by atoms with Crippen LogP contribution in [0.3, 0.4) is 0 Å². The third-order valence-electron chi connectivity index (χ3n) is 6.47. The number of aryl methyl sites for hydroxylation is 1. The van der Waals surface area contributed by atoms with Gasteiger partial charge in [0, 0.05) is 32.9 Å². The number of aromatic nitrogens is 2. The number of rotatable bonds is 4. The van der Waals surface area contributed by atoms with Gasteiger partial charge in [-0.05, 0) is 18.4 Å². The zero-order valence-corrected chi connectivity index (χ0v) is 16.9. The Hall–Kier alpha value is -2.22. The van der Waals surface area contributed by atoms with Gasteiger partial charge in [0.2, 0.25) is 5.91 Å². The van der Waals surface area contributed by atoms with Crippen molar-refractivity contribution in [3.8, 4) is 0 Å². The number of hydrogen-bond acceptors (Lipinski definition) is 5. The van der Waals surface area contributed by atoms with E-state index in [0.29, 0.717) is 32.8 Å². The number of carbonyl (C=O) groups is 1. The number of nitrogens with zero attached hydrogens (tertiary/aromatic N) is 4. The third kappa shape index (κ3) is 3.47. The van der Waals surface area contributed by atoms with Crippen LogP contribution in [0.1, 0.15) is 24.1 Å². The summed E-state index contributed by atoms with van der Waals surface area (Å²) in [4.78, 5) is 22.0. The second kappa shape index (κ2) is 7.23. The Bertz CT molecular complexity index is 875. The zero-order chi connectivity index (χ0) is 19.9. The van der Waals surface area contributed by atoms with Crippen molar-refractivity contribution in [3.05, 3.63) is 54.1 Å². The summed E-state index contributed by atoms with van der Waals surface area (Å²) in [6.07, 6.45) is 5.57. The minimum absolute atomic E-state index is 0.221. The molecule has 29 heavy (non-hydrogen) atoms. The van der Waals surface area contributed by atoms with Gasteiger partial charge in [-0.2, -0.15) is 0 Å². The zero-order valence-electron chi connectivity index (χ0n) is 16.9. The molecule has 1 amide bonds. The van der Waals surface area contributed by atoms with E-state index in [0.717, 1.165) is 37.2 Å². The highest BCUT2D eigenvalue weighted by Gasteiger charge is 2.55. The summed E-state index contributed by atoms with van der Waals surface area (Å²) in [5.74, 6) is -0.518. The largest absolute Gasteiger partial charge is 0.346 e. The molecule has 5 rings (SSSR count). The summed E-state index contributed by atoms with van der Waals surface area (Å²) in [5, 5.41) is 0. The van der Waals surface area contributed by atoms with Crippen molar-refractivity contribution in [2.24, 2.45) is 7.05 Å². The molecule has 2 aromatic rings. The van der Waals surface area contributed by atoms with Gasteiger partial charge in [0.05, 0.1) is 43.7 Å². The van der Waals surface area contributed by atoms with Crippen LogP contribution in [0.25, 0.3) is 0 Å². The minimum Gasteiger partial charge on any atom is -0.346 e. The number of imidazole rings is 1. The molecule has 0 bridgehead atoms. The number of amides is 1. The van der Waals surface area contributed by atoms with Crippen LogP contribution in [0.15, 0.2) is 42.9 Å². The van der Waals surface area contributed by atoms with E-state index in [1.807, 2.05) is 47.2 Å². The first-order valence-electron chi connectivity index (χ1n) is 10.4. The highest BCUT2D eigenvalue weighted by atomic mass is 16.7. The van der Waals surface area contributed by atoms with Gasteiger partial charge >= 0.3 is 0 Å². The highest BCUT2D eigenvalue weighted by Crippen LogP contribution is 2.50. The molecule has 1 unspecified atom stereocenters. The van der Waals surface area contributed by atoms with Crippen molar-refractivity contribution in [1.29, 1.82) is 0 Å². The molecule has 2 saturated heterocycles. The maximum absolute atomic E-state index is 13.5. The van der Waals surface area contributed by atoms with Crippen LogP contribution in [-0.2, 0) is 33.3 Å². The van der Waals surface area contributed by atoms with Gasteiger partial charge in [0.15, 0.2) is 5.79 Å². The number of ether oxygens (including phenoxy) is 2. The Morgan fingerprint density at radius 2 is 1.86 bits per heavy atom. The minimum atomic E-state index is -0.739. The Kier molecular flexibility index (Phi) is 4.69. The number of carbonyl (C=O) groups excluding carboxylic acids is 1. The summed E-state index contributed by atoms with van der Waals surface area (Å²) in [6.45, 7) is 4.52. The van der Waals surface area contributed by atoms with Crippen LogP contribution in [0, 0.1) is 0 Å². The predicted molar refractivity (Wildman–Crippen MR) is 107 cm³/mol. The molecule has 3 heterocycles. The van der Waals surface area contributed by atoms with Gasteiger partial charge < -0.3 is 18.9 Å². The summed E-state index contributed by atoms with van der Waals surface area (Å²) >= 11 is 0. The van der Waals surface area contributed by atoms with E-state index in [-0.39, 0.29) is 11.3 Å². The van der Waals surface area contributed by atoms with Gasteiger partial charge in [-0.15, -0.1) is 0 Å². The van der Waals surface area contributed by atoms with Crippen LogP contribution in [0.4, 0.5) is 0 Å². The average molecular weight is 396 g/mol. The Morgan fingerprint density at radius 1 is 1.10 bits per heavy atom. The van der Waals surface area contributed by atoms with Crippen LogP contribution in [0.2, 0.25) is 0 Å². The predicted octanol–water partition coefficient (Wildman–Crippen LogP) is 1.54. The fourth-order valence-corrected chi connectivity index (χ4v) is 4.65. The van der Waals surface area contributed by atoms with Gasteiger partial charge in [0.1, 0.15) is 0 Å². The van der Waals surface area contributed by atoms with Crippen molar-refractivity contribution >= 4 is 5.91 Å². The fraction of sp³-hybridized carbons (Fsp3) is 0.545. The molecular weight excluding hydrogens is 368 g/mol. The van der Waals surface area contributed by atoms with Crippen LogP contribution >= 0.6 is 0 Å². The quantitative estimate of drug-likeness (QED) is 0.785. The van der Waals surface area contributed by atoms with E-state index in [4.69, 9.17) is 9.47 Å². The first kappa shape index (κ1) is 18.8. The van der Waals surface area contributed by atoms with Crippen LogP contribution in [0.5, 0.6) is 0 Å². The maximum Gasteiger partial charge on any atom is 0.233 e. The molecule has 1 aliphatic carbocycles. The Labute approximate surface area is 171 Å². The molecule has 7 nitrogen and oxygen atoms in total. The molecule has 3 fully saturated rings. The first-order valence-corrected chi connectivity index (χ1v) is 10.4. The van der Waals surface area contributed by atoms with Gasteiger partial charge in [-0.3, -0.25) is 9.69 Å². The third-order valence-corrected chi connectivity index (χ3v) is 6.47. The molecule has 0 N–H and O–H groups in total. The lowest BCUT2D eigenvalue weighted by Crippen LogP contribution is -2.63. The average Bonchev–Trinajstić information content (AvgIpc) is 3.46. The second-order valence-corrected chi connectivity index (χ2v) is 8.49. The molecule has 3 aliphatic rings. The van der Waals surface area contributed by atoms with Crippen molar-refractivity contribution in [3.63, 3.8) is 0 Å². The van der Waals surface area contributed by atoms with Gasteiger partial charge in [-0.25, -0.2) is 4.98 Å². The van der Waals surface area contributed by atoms with Crippen molar-refractivity contribution in [2.75, 3.05) is 39.4 Å². The van der Waals surface area contributed by atoms with E-state index < -0.39 is 5.79 Å². The second-order valence-electron chi connectivity index (χ2n) is 8.49. The number of benzene rings is 1. The van der Waals surface area contributed by atoms with E-state index in [1.54, 1.807) is 0 Å². The fourth-order valence-electron chi connectivity index (χ4n) is 4.65.